The molecule has 2 heterocycles. The largest absolute Gasteiger partial charge is 0.484 e. The number of hydrogen-bond donors (Lipinski definition) is 0. The molecule has 0 atom stereocenters. The Morgan fingerprint density at radius 2 is 2.15 bits per heavy atom. The van der Waals surface area contributed by atoms with Crippen molar-refractivity contribution in [3.8, 4) is 5.75 Å². The minimum atomic E-state index is 0.329. The van der Waals surface area contributed by atoms with Crippen LogP contribution in [0, 0.1) is 0 Å². The van der Waals surface area contributed by atoms with Gasteiger partial charge in [0.15, 0.2) is 16.8 Å². The highest BCUT2D eigenvalue weighted by Crippen LogP contribution is 2.39. The van der Waals surface area contributed by atoms with E-state index < -0.39 is 0 Å². The molecule has 1 aliphatic rings. The van der Waals surface area contributed by atoms with Gasteiger partial charge in [-0.2, -0.15) is 4.98 Å². The van der Waals surface area contributed by atoms with E-state index in [4.69, 9.17) is 20.9 Å². The second-order valence-electron chi connectivity index (χ2n) is 5.97. The maximum Gasteiger partial charge on any atom is 0.226 e. The van der Waals surface area contributed by atoms with Crippen LogP contribution in [0.2, 0.25) is 5.02 Å². The number of thioether (sulfide) groups is 1. The van der Waals surface area contributed by atoms with E-state index in [1.165, 1.54) is 0 Å². The van der Waals surface area contributed by atoms with Gasteiger partial charge < -0.3 is 9.26 Å². The van der Waals surface area contributed by atoms with Crippen LogP contribution in [0.25, 0.3) is 0 Å². The zero-order valence-electron chi connectivity index (χ0n) is 14.3. The van der Waals surface area contributed by atoms with Gasteiger partial charge in [-0.15, -0.1) is 10.2 Å². The predicted octanol–water partition coefficient (Wildman–Crippen LogP) is 4.08. The zero-order chi connectivity index (χ0) is 17.9. The molecule has 0 unspecified atom stereocenters. The fraction of sp³-hybridized carbons (Fsp3) is 0.412. The third-order valence-electron chi connectivity index (χ3n) is 3.98. The molecule has 0 saturated heterocycles. The van der Waals surface area contributed by atoms with Crippen molar-refractivity contribution in [3.63, 3.8) is 0 Å². The van der Waals surface area contributed by atoms with Crippen LogP contribution >= 0.6 is 23.4 Å². The molecule has 0 spiro atoms. The van der Waals surface area contributed by atoms with E-state index in [0.717, 1.165) is 30.2 Å². The van der Waals surface area contributed by atoms with Gasteiger partial charge >= 0.3 is 0 Å². The molecule has 0 amide bonds. The summed E-state index contributed by atoms with van der Waals surface area (Å²) in [7, 11) is 0. The van der Waals surface area contributed by atoms with Gasteiger partial charge in [0.2, 0.25) is 5.89 Å². The molecule has 4 rings (SSSR count). The van der Waals surface area contributed by atoms with Gasteiger partial charge in [-0.3, -0.25) is 4.57 Å². The standard InChI is InChI=1S/C17H18ClN5O2S/c1-2-16-19-14(22-25-16)10-26-17-21-20-15(23(17)11-7-8-11)9-24-13-6-4-3-5-12(13)18/h3-6,11H,2,7-10H2,1H3. The maximum atomic E-state index is 6.15. The van der Waals surface area contributed by atoms with E-state index in [1.807, 2.05) is 25.1 Å². The molecule has 0 bridgehead atoms. The fourth-order valence-corrected chi connectivity index (χ4v) is 3.59. The summed E-state index contributed by atoms with van der Waals surface area (Å²) in [6.07, 6.45) is 3.00. The van der Waals surface area contributed by atoms with Gasteiger partial charge in [-0.1, -0.05) is 47.6 Å². The van der Waals surface area contributed by atoms with Gasteiger partial charge in [-0.05, 0) is 25.0 Å². The number of rotatable bonds is 8. The summed E-state index contributed by atoms with van der Waals surface area (Å²) in [4.78, 5) is 4.33. The van der Waals surface area contributed by atoms with Crippen molar-refractivity contribution in [2.75, 3.05) is 0 Å². The second-order valence-corrected chi connectivity index (χ2v) is 7.32. The van der Waals surface area contributed by atoms with E-state index in [0.29, 0.717) is 40.9 Å². The fourth-order valence-electron chi connectivity index (χ4n) is 2.53. The summed E-state index contributed by atoms with van der Waals surface area (Å²) in [5, 5.41) is 14.1. The van der Waals surface area contributed by atoms with Crippen molar-refractivity contribution in [2.24, 2.45) is 0 Å². The van der Waals surface area contributed by atoms with Gasteiger partial charge in [0.25, 0.3) is 0 Å². The Morgan fingerprint density at radius 1 is 1.31 bits per heavy atom. The average Bonchev–Trinajstić information content (AvgIpc) is 3.25. The molecular weight excluding hydrogens is 374 g/mol. The van der Waals surface area contributed by atoms with Crippen LogP contribution in [0.1, 0.15) is 43.3 Å². The minimum Gasteiger partial charge on any atom is -0.484 e. The van der Waals surface area contributed by atoms with Crippen molar-refractivity contribution in [2.45, 2.75) is 49.7 Å². The first-order valence-electron chi connectivity index (χ1n) is 8.50. The molecule has 1 saturated carbocycles. The number of ether oxygens (including phenoxy) is 1. The lowest BCUT2D eigenvalue weighted by molar-refractivity contribution is 0.288. The summed E-state index contributed by atoms with van der Waals surface area (Å²) >= 11 is 7.71. The number of aryl methyl sites for hydroxylation is 1. The lowest BCUT2D eigenvalue weighted by Crippen LogP contribution is -2.07. The number of halogens is 1. The van der Waals surface area contributed by atoms with E-state index in [2.05, 4.69) is 24.9 Å². The molecule has 3 aromatic rings. The zero-order valence-corrected chi connectivity index (χ0v) is 15.8. The Kier molecular flexibility index (Phi) is 5.12. The molecule has 26 heavy (non-hydrogen) atoms. The van der Waals surface area contributed by atoms with Crippen LogP contribution in [0.15, 0.2) is 33.9 Å². The summed E-state index contributed by atoms with van der Waals surface area (Å²) in [5.74, 6) is 3.37. The highest BCUT2D eigenvalue weighted by molar-refractivity contribution is 7.98. The Balaban J connectivity index is 1.45. The maximum absolute atomic E-state index is 6.15. The normalized spacial score (nSPS) is 13.9. The minimum absolute atomic E-state index is 0.329. The Morgan fingerprint density at radius 3 is 2.88 bits per heavy atom. The second kappa shape index (κ2) is 7.67. The molecule has 0 aliphatic heterocycles. The van der Waals surface area contributed by atoms with Crippen molar-refractivity contribution >= 4 is 23.4 Å². The average molecular weight is 392 g/mol. The van der Waals surface area contributed by atoms with Crippen LogP contribution in [-0.4, -0.2) is 24.9 Å². The van der Waals surface area contributed by atoms with Crippen LogP contribution in [0.3, 0.4) is 0 Å². The van der Waals surface area contributed by atoms with Gasteiger partial charge in [0.05, 0.1) is 10.8 Å². The number of aromatic nitrogens is 5. The first-order valence-corrected chi connectivity index (χ1v) is 9.86. The molecule has 136 valence electrons. The summed E-state index contributed by atoms with van der Waals surface area (Å²) in [6.45, 7) is 2.31. The summed E-state index contributed by atoms with van der Waals surface area (Å²) < 4.78 is 13.1. The van der Waals surface area contributed by atoms with Crippen LogP contribution < -0.4 is 4.74 Å². The van der Waals surface area contributed by atoms with E-state index in [1.54, 1.807) is 17.8 Å². The molecule has 1 fully saturated rings. The monoisotopic (exact) mass is 391 g/mol. The number of hydrogen-bond acceptors (Lipinski definition) is 7. The summed E-state index contributed by atoms with van der Waals surface area (Å²) in [5.41, 5.74) is 0. The number of nitrogens with zero attached hydrogens (tertiary/aromatic N) is 5. The lowest BCUT2D eigenvalue weighted by Gasteiger charge is -2.10. The van der Waals surface area contributed by atoms with Gasteiger partial charge in [0, 0.05) is 12.5 Å². The molecule has 1 aromatic carbocycles. The third-order valence-corrected chi connectivity index (χ3v) is 5.23. The van der Waals surface area contributed by atoms with Crippen LogP contribution in [0.4, 0.5) is 0 Å². The van der Waals surface area contributed by atoms with E-state index >= 15 is 0 Å². The first kappa shape index (κ1) is 17.4. The SMILES string of the molecule is CCc1nc(CSc2nnc(COc3ccccc3Cl)n2C2CC2)no1. The van der Waals surface area contributed by atoms with Crippen LogP contribution in [-0.2, 0) is 18.8 Å². The van der Waals surface area contributed by atoms with Crippen molar-refractivity contribution < 1.29 is 9.26 Å². The predicted molar refractivity (Wildman–Crippen MR) is 97.3 cm³/mol. The molecule has 7 nitrogen and oxygen atoms in total. The molecule has 2 aromatic heterocycles. The lowest BCUT2D eigenvalue weighted by atomic mass is 10.3. The number of para-hydroxylation sites is 1. The third kappa shape index (κ3) is 3.86. The highest BCUT2D eigenvalue weighted by atomic mass is 35.5. The topological polar surface area (TPSA) is 78.9 Å². The molecule has 1 aliphatic carbocycles. The summed E-state index contributed by atoms with van der Waals surface area (Å²) in [6, 6.07) is 7.85. The Hall–Kier alpha value is -2.06. The molecule has 9 heteroatoms. The molecular formula is C17H18ClN5O2S. The Labute approximate surface area is 160 Å². The number of benzene rings is 1. The molecule has 0 N–H and O–H groups in total. The Bertz CT molecular complexity index is 893. The van der Waals surface area contributed by atoms with Crippen molar-refractivity contribution in [3.05, 3.63) is 46.8 Å². The van der Waals surface area contributed by atoms with Crippen molar-refractivity contribution in [1.82, 2.24) is 24.9 Å². The van der Waals surface area contributed by atoms with E-state index in [9.17, 15) is 0 Å². The smallest absolute Gasteiger partial charge is 0.226 e. The first-order chi connectivity index (χ1) is 12.7. The van der Waals surface area contributed by atoms with Crippen LogP contribution in [0.5, 0.6) is 5.75 Å². The van der Waals surface area contributed by atoms with Gasteiger partial charge in [-0.25, -0.2) is 0 Å². The van der Waals surface area contributed by atoms with Gasteiger partial charge in [0.1, 0.15) is 12.4 Å². The van der Waals surface area contributed by atoms with E-state index in [-0.39, 0.29) is 0 Å². The molecule has 0 radical (unpaired) electrons. The highest BCUT2D eigenvalue weighted by Gasteiger charge is 2.30. The van der Waals surface area contributed by atoms with Crippen molar-refractivity contribution in [1.29, 1.82) is 0 Å². The quantitative estimate of drug-likeness (QED) is 0.535.